The summed E-state index contributed by atoms with van der Waals surface area (Å²) in [4.78, 5) is 15.1. The minimum absolute atomic E-state index is 0.0784. The second kappa shape index (κ2) is 6.83. The van der Waals surface area contributed by atoms with Gasteiger partial charge in [-0.1, -0.05) is 12.5 Å². The van der Waals surface area contributed by atoms with Crippen LogP contribution in [0.25, 0.3) is 5.69 Å². The summed E-state index contributed by atoms with van der Waals surface area (Å²) < 4.78 is 46.6. The number of rotatable bonds is 3. The van der Waals surface area contributed by atoms with Crippen molar-refractivity contribution in [1.29, 1.82) is 0 Å². The lowest BCUT2D eigenvalue weighted by atomic mass is 9.56. The minimum atomic E-state index is -4.43. The second-order valence-electron chi connectivity index (χ2n) is 8.78. The fourth-order valence-corrected chi connectivity index (χ4v) is 5.28. The molecule has 1 aliphatic carbocycles. The van der Waals surface area contributed by atoms with Gasteiger partial charge in [0, 0.05) is 24.3 Å². The highest BCUT2D eigenvalue weighted by atomic mass is 19.4. The third-order valence-electron chi connectivity index (χ3n) is 6.90. The van der Waals surface area contributed by atoms with Crippen molar-refractivity contribution in [3.05, 3.63) is 47.3 Å². The van der Waals surface area contributed by atoms with Crippen LogP contribution in [0.4, 0.5) is 13.2 Å². The molecule has 5 nitrogen and oxygen atoms in total. The molecule has 0 radical (unpaired) electrons. The molecule has 3 fully saturated rings. The van der Waals surface area contributed by atoms with Crippen LogP contribution in [0.1, 0.15) is 53.8 Å². The lowest BCUT2D eigenvalue weighted by Gasteiger charge is -2.63. The number of ether oxygens (including phenoxy) is 1. The zero-order valence-electron chi connectivity index (χ0n) is 16.8. The molecule has 3 aliphatic rings. The predicted octanol–water partition coefficient (Wildman–Crippen LogP) is 4.37. The Kier molecular flexibility index (Phi) is 4.47. The Morgan fingerprint density at radius 1 is 1.23 bits per heavy atom. The number of nitrogens with zero attached hydrogens (tertiary/aromatic N) is 3. The van der Waals surface area contributed by atoms with E-state index >= 15 is 0 Å². The zero-order chi connectivity index (χ0) is 21.1. The van der Waals surface area contributed by atoms with Crippen LogP contribution in [0.3, 0.4) is 0 Å². The van der Waals surface area contributed by atoms with Gasteiger partial charge in [-0.05, 0) is 56.9 Å². The Hall–Kier alpha value is -2.35. The molecule has 3 heterocycles. The Bertz CT molecular complexity index is 974. The smallest absolute Gasteiger partial charge is 0.376 e. The van der Waals surface area contributed by atoms with E-state index < -0.39 is 11.7 Å². The lowest BCUT2D eigenvalue weighted by Crippen LogP contribution is -2.72. The van der Waals surface area contributed by atoms with E-state index in [0.29, 0.717) is 12.2 Å². The summed E-state index contributed by atoms with van der Waals surface area (Å²) in [6, 6.07) is 6.73. The molecule has 1 spiro atoms. The van der Waals surface area contributed by atoms with Crippen LogP contribution in [0.15, 0.2) is 30.3 Å². The maximum atomic E-state index is 13.3. The maximum absolute atomic E-state index is 13.3. The van der Waals surface area contributed by atoms with Crippen LogP contribution < -0.4 is 0 Å². The van der Waals surface area contributed by atoms with Crippen LogP contribution in [-0.2, 0) is 10.9 Å². The lowest BCUT2D eigenvalue weighted by molar-refractivity contribution is -0.150. The Balaban J connectivity index is 1.41. The molecule has 1 aromatic heterocycles. The SMILES string of the molecule is Cc1cc(C(=O)N2CC3(CCC3)[C@@H]2[C@H]2CCCO2)nn1-c1cccc(C(F)(F)F)c1. The molecular formula is C22H24F3N3O2. The van der Waals surface area contributed by atoms with Gasteiger partial charge in [-0.25, -0.2) is 4.68 Å². The van der Waals surface area contributed by atoms with Gasteiger partial charge in [0.2, 0.25) is 0 Å². The normalized spacial score (nSPS) is 25.3. The molecule has 1 aromatic carbocycles. The van der Waals surface area contributed by atoms with Crippen molar-refractivity contribution >= 4 is 5.91 Å². The van der Waals surface area contributed by atoms with Crippen LogP contribution in [-0.4, -0.2) is 45.9 Å². The molecular weight excluding hydrogens is 395 g/mol. The van der Waals surface area contributed by atoms with Gasteiger partial charge in [-0.15, -0.1) is 0 Å². The van der Waals surface area contributed by atoms with E-state index in [1.165, 1.54) is 17.2 Å². The topological polar surface area (TPSA) is 47.4 Å². The molecule has 0 bridgehead atoms. The van der Waals surface area contributed by atoms with Crippen LogP contribution in [0, 0.1) is 12.3 Å². The molecule has 0 unspecified atom stereocenters. The van der Waals surface area contributed by atoms with E-state index in [1.807, 2.05) is 4.90 Å². The summed E-state index contributed by atoms with van der Waals surface area (Å²) in [6.07, 6.45) is 1.07. The Morgan fingerprint density at radius 2 is 2.03 bits per heavy atom. The maximum Gasteiger partial charge on any atom is 0.416 e. The van der Waals surface area contributed by atoms with Crippen molar-refractivity contribution < 1.29 is 22.7 Å². The molecule has 5 rings (SSSR count). The van der Waals surface area contributed by atoms with Gasteiger partial charge in [0.1, 0.15) is 0 Å². The monoisotopic (exact) mass is 419 g/mol. The molecule has 2 atom stereocenters. The number of amides is 1. The number of likely N-dealkylation sites (tertiary alicyclic amines) is 1. The summed E-state index contributed by atoms with van der Waals surface area (Å²) in [6.45, 7) is 3.19. The quantitative estimate of drug-likeness (QED) is 0.742. The third-order valence-corrected chi connectivity index (χ3v) is 6.90. The van der Waals surface area contributed by atoms with Gasteiger partial charge in [0.25, 0.3) is 5.91 Å². The van der Waals surface area contributed by atoms with Crippen LogP contribution in [0.5, 0.6) is 0 Å². The summed E-state index contributed by atoms with van der Waals surface area (Å²) in [5, 5.41) is 4.38. The summed E-state index contributed by atoms with van der Waals surface area (Å²) in [7, 11) is 0. The predicted molar refractivity (Wildman–Crippen MR) is 103 cm³/mol. The number of carbonyl (C=O) groups is 1. The molecule has 8 heteroatoms. The highest BCUT2D eigenvalue weighted by Crippen LogP contribution is 2.55. The highest BCUT2D eigenvalue weighted by Gasteiger charge is 2.60. The first-order chi connectivity index (χ1) is 14.3. The fourth-order valence-electron chi connectivity index (χ4n) is 5.28. The molecule has 160 valence electrons. The first-order valence-corrected chi connectivity index (χ1v) is 10.5. The highest BCUT2D eigenvalue weighted by molar-refractivity contribution is 5.93. The van der Waals surface area contributed by atoms with Crippen LogP contribution in [0.2, 0.25) is 0 Å². The van der Waals surface area contributed by atoms with Crippen molar-refractivity contribution in [3.63, 3.8) is 0 Å². The van der Waals surface area contributed by atoms with Gasteiger partial charge in [-0.3, -0.25) is 4.79 Å². The standard InChI is InChI=1S/C22H24F3N3O2/c1-14-11-17(26-28(14)16-6-2-5-15(12-16)22(23,24)25)20(29)27-13-21(8-4-9-21)19(27)18-7-3-10-30-18/h2,5-6,11-12,18-19H,3-4,7-10,13H2,1H3/t18-,19+/m1/s1. The summed E-state index contributed by atoms with van der Waals surface area (Å²) in [5.74, 6) is -0.165. The van der Waals surface area contributed by atoms with Gasteiger partial charge < -0.3 is 9.64 Å². The Morgan fingerprint density at radius 3 is 2.67 bits per heavy atom. The molecule has 30 heavy (non-hydrogen) atoms. The largest absolute Gasteiger partial charge is 0.416 e. The number of carbonyl (C=O) groups excluding carboxylic acids is 1. The fraction of sp³-hybridized carbons (Fsp3) is 0.545. The average Bonchev–Trinajstić information content (AvgIpc) is 3.29. The molecule has 2 aliphatic heterocycles. The third kappa shape index (κ3) is 3.04. The summed E-state index contributed by atoms with van der Waals surface area (Å²) in [5.41, 5.74) is 0.614. The first-order valence-electron chi connectivity index (χ1n) is 10.5. The molecule has 0 N–H and O–H groups in total. The van der Waals surface area contributed by atoms with Crippen molar-refractivity contribution in [1.82, 2.24) is 14.7 Å². The van der Waals surface area contributed by atoms with Gasteiger partial charge in [-0.2, -0.15) is 18.3 Å². The first kappa shape index (κ1) is 19.6. The zero-order valence-corrected chi connectivity index (χ0v) is 16.8. The second-order valence-corrected chi connectivity index (χ2v) is 8.78. The number of hydrogen-bond donors (Lipinski definition) is 0. The minimum Gasteiger partial charge on any atom is -0.376 e. The van der Waals surface area contributed by atoms with Crippen molar-refractivity contribution in [2.24, 2.45) is 5.41 Å². The molecule has 2 saturated heterocycles. The number of benzene rings is 1. The van der Waals surface area contributed by atoms with E-state index in [0.717, 1.165) is 44.4 Å². The number of hydrogen-bond acceptors (Lipinski definition) is 3. The average molecular weight is 419 g/mol. The van der Waals surface area contributed by atoms with Crippen molar-refractivity contribution in [3.8, 4) is 5.69 Å². The summed E-state index contributed by atoms with van der Waals surface area (Å²) >= 11 is 0. The van der Waals surface area contributed by atoms with Gasteiger partial charge >= 0.3 is 6.18 Å². The van der Waals surface area contributed by atoms with Gasteiger partial charge in [0.05, 0.1) is 23.4 Å². The van der Waals surface area contributed by atoms with Crippen molar-refractivity contribution in [2.45, 2.75) is 57.3 Å². The number of aryl methyl sites for hydroxylation is 1. The van der Waals surface area contributed by atoms with Gasteiger partial charge in [0.15, 0.2) is 5.69 Å². The van der Waals surface area contributed by atoms with E-state index in [1.54, 1.807) is 19.1 Å². The number of halogens is 3. The molecule has 1 amide bonds. The van der Waals surface area contributed by atoms with E-state index in [2.05, 4.69) is 5.10 Å². The van der Waals surface area contributed by atoms with E-state index in [-0.39, 0.29) is 34.8 Å². The number of aromatic nitrogens is 2. The molecule has 2 aromatic rings. The van der Waals surface area contributed by atoms with E-state index in [9.17, 15) is 18.0 Å². The molecule has 1 saturated carbocycles. The van der Waals surface area contributed by atoms with Crippen LogP contribution >= 0.6 is 0 Å². The number of alkyl halides is 3. The van der Waals surface area contributed by atoms with E-state index in [4.69, 9.17) is 4.74 Å². The van der Waals surface area contributed by atoms with Crippen molar-refractivity contribution in [2.75, 3.05) is 13.2 Å². The Labute approximate surface area is 172 Å².